The Morgan fingerprint density at radius 2 is 2.13 bits per heavy atom. The van der Waals surface area contributed by atoms with Crippen LogP contribution in [0.15, 0.2) is 24.3 Å². The lowest BCUT2D eigenvalue weighted by molar-refractivity contribution is -0.128. The topological polar surface area (TPSA) is 41.1 Å². The third-order valence-corrected chi connectivity index (χ3v) is 5.71. The Morgan fingerprint density at radius 3 is 2.83 bits per heavy atom. The van der Waals surface area contributed by atoms with Crippen LogP contribution in [0.4, 0.5) is 0 Å². The van der Waals surface area contributed by atoms with Crippen molar-refractivity contribution in [1.82, 2.24) is 10.6 Å². The van der Waals surface area contributed by atoms with E-state index in [1.165, 1.54) is 24.0 Å². The van der Waals surface area contributed by atoms with Crippen LogP contribution in [-0.2, 0) is 10.2 Å². The zero-order chi connectivity index (χ0) is 16.1. The van der Waals surface area contributed by atoms with E-state index in [-0.39, 0.29) is 11.3 Å². The predicted molar refractivity (Wildman–Crippen MR) is 94.5 cm³/mol. The summed E-state index contributed by atoms with van der Waals surface area (Å²) >= 11 is 0. The number of carbonyl (C=O) groups is 1. The highest BCUT2D eigenvalue weighted by molar-refractivity contribution is 5.88. The summed E-state index contributed by atoms with van der Waals surface area (Å²) in [6.07, 6.45) is 7.92. The number of aryl methyl sites for hydroxylation is 1. The van der Waals surface area contributed by atoms with E-state index in [0.717, 1.165) is 57.7 Å². The van der Waals surface area contributed by atoms with Crippen LogP contribution in [0.25, 0.3) is 0 Å². The molecule has 2 fully saturated rings. The van der Waals surface area contributed by atoms with Crippen molar-refractivity contribution in [3.05, 3.63) is 35.4 Å². The Balaban J connectivity index is 1.68. The van der Waals surface area contributed by atoms with Gasteiger partial charge in [0.05, 0.1) is 5.41 Å². The first kappa shape index (κ1) is 16.5. The molecule has 126 valence electrons. The summed E-state index contributed by atoms with van der Waals surface area (Å²) in [5, 5.41) is 6.67. The van der Waals surface area contributed by atoms with Crippen molar-refractivity contribution >= 4 is 5.91 Å². The van der Waals surface area contributed by atoms with Crippen LogP contribution in [0.1, 0.15) is 56.1 Å². The Kier molecular flexibility index (Phi) is 5.37. The quantitative estimate of drug-likeness (QED) is 0.875. The first-order valence-corrected chi connectivity index (χ1v) is 9.27. The van der Waals surface area contributed by atoms with Crippen LogP contribution in [0.2, 0.25) is 0 Å². The van der Waals surface area contributed by atoms with Gasteiger partial charge >= 0.3 is 0 Å². The van der Waals surface area contributed by atoms with Crippen LogP contribution in [0.5, 0.6) is 0 Å². The molecule has 1 aromatic rings. The van der Waals surface area contributed by atoms with Gasteiger partial charge in [0.1, 0.15) is 0 Å². The van der Waals surface area contributed by atoms with E-state index >= 15 is 0 Å². The number of benzene rings is 1. The van der Waals surface area contributed by atoms with Crippen molar-refractivity contribution in [3.8, 4) is 0 Å². The molecule has 1 aromatic carbocycles. The van der Waals surface area contributed by atoms with Crippen LogP contribution >= 0.6 is 0 Å². The maximum atomic E-state index is 13.1. The van der Waals surface area contributed by atoms with E-state index < -0.39 is 0 Å². The normalized spacial score (nSPS) is 23.6. The number of rotatable bonds is 5. The van der Waals surface area contributed by atoms with Gasteiger partial charge in [-0.25, -0.2) is 0 Å². The highest BCUT2D eigenvalue weighted by Crippen LogP contribution is 2.40. The Morgan fingerprint density at radius 1 is 1.30 bits per heavy atom. The van der Waals surface area contributed by atoms with Crippen molar-refractivity contribution in [1.29, 1.82) is 0 Å². The zero-order valence-corrected chi connectivity index (χ0v) is 14.4. The summed E-state index contributed by atoms with van der Waals surface area (Å²) in [5.41, 5.74) is 2.17. The molecule has 0 bridgehead atoms. The van der Waals surface area contributed by atoms with E-state index in [2.05, 4.69) is 41.8 Å². The molecular formula is C20H30N2O. The first-order chi connectivity index (χ1) is 11.2. The molecule has 1 aliphatic carbocycles. The maximum Gasteiger partial charge on any atom is 0.230 e. The van der Waals surface area contributed by atoms with E-state index in [1.54, 1.807) is 0 Å². The Hall–Kier alpha value is -1.35. The fraction of sp³-hybridized carbons (Fsp3) is 0.650. The van der Waals surface area contributed by atoms with Crippen molar-refractivity contribution < 1.29 is 4.79 Å². The minimum Gasteiger partial charge on any atom is -0.355 e. The lowest BCUT2D eigenvalue weighted by atomic mass is 9.68. The molecule has 23 heavy (non-hydrogen) atoms. The molecule has 1 saturated carbocycles. The predicted octanol–water partition coefficient (Wildman–Crippen LogP) is 3.31. The average molecular weight is 314 g/mol. The summed E-state index contributed by atoms with van der Waals surface area (Å²) in [6, 6.07) is 8.58. The van der Waals surface area contributed by atoms with Gasteiger partial charge in [-0.05, 0) is 57.2 Å². The second-order valence-electron chi connectivity index (χ2n) is 7.42. The van der Waals surface area contributed by atoms with Gasteiger partial charge in [0.2, 0.25) is 5.91 Å². The van der Waals surface area contributed by atoms with Gasteiger partial charge in [0.25, 0.3) is 0 Å². The van der Waals surface area contributed by atoms with Gasteiger partial charge in [-0.3, -0.25) is 4.79 Å². The van der Waals surface area contributed by atoms with Gasteiger partial charge in [0, 0.05) is 6.54 Å². The summed E-state index contributed by atoms with van der Waals surface area (Å²) in [5.74, 6) is 0.991. The van der Waals surface area contributed by atoms with Crippen LogP contribution in [0.3, 0.4) is 0 Å². The number of carbonyl (C=O) groups excluding carboxylic acids is 1. The fourth-order valence-electron chi connectivity index (χ4n) is 4.26. The number of hydrogen-bond acceptors (Lipinski definition) is 2. The smallest absolute Gasteiger partial charge is 0.230 e. The SMILES string of the molecule is Cc1cccc(C2(C(=O)NCCC3CCNC3)CCCCC2)c1. The summed E-state index contributed by atoms with van der Waals surface area (Å²) in [7, 11) is 0. The molecule has 0 radical (unpaired) electrons. The first-order valence-electron chi connectivity index (χ1n) is 9.27. The largest absolute Gasteiger partial charge is 0.355 e. The molecule has 3 heteroatoms. The molecule has 1 unspecified atom stereocenters. The number of nitrogens with one attached hydrogen (secondary N) is 2. The molecule has 1 atom stereocenters. The van der Waals surface area contributed by atoms with Gasteiger partial charge in [-0.2, -0.15) is 0 Å². The highest BCUT2D eigenvalue weighted by Gasteiger charge is 2.40. The molecule has 1 amide bonds. The van der Waals surface area contributed by atoms with Gasteiger partial charge < -0.3 is 10.6 Å². The van der Waals surface area contributed by atoms with Crippen molar-refractivity contribution in [2.75, 3.05) is 19.6 Å². The molecule has 2 N–H and O–H groups in total. The lowest BCUT2D eigenvalue weighted by Gasteiger charge is -2.36. The second kappa shape index (κ2) is 7.48. The second-order valence-corrected chi connectivity index (χ2v) is 7.42. The van der Waals surface area contributed by atoms with E-state index in [0.29, 0.717) is 0 Å². The maximum absolute atomic E-state index is 13.1. The summed E-state index contributed by atoms with van der Waals surface area (Å²) in [6.45, 7) is 5.18. The zero-order valence-electron chi connectivity index (χ0n) is 14.4. The van der Waals surface area contributed by atoms with Crippen molar-refractivity contribution in [2.45, 2.75) is 57.3 Å². The average Bonchev–Trinajstić information content (AvgIpc) is 3.09. The standard InChI is InChI=1S/C20H30N2O/c1-16-6-5-7-18(14-16)20(10-3-2-4-11-20)19(23)22-13-9-17-8-12-21-15-17/h5-7,14,17,21H,2-4,8-13,15H2,1H3,(H,22,23). The van der Waals surface area contributed by atoms with Crippen LogP contribution < -0.4 is 10.6 Å². The van der Waals surface area contributed by atoms with Gasteiger partial charge in [-0.15, -0.1) is 0 Å². The third-order valence-electron chi connectivity index (χ3n) is 5.71. The minimum atomic E-state index is -0.293. The molecule has 1 saturated heterocycles. The number of amides is 1. The minimum absolute atomic E-state index is 0.258. The van der Waals surface area contributed by atoms with E-state index in [9.17, 15) is 4.79 Å². The van der Waals surface area contributed by atoms with Crippen LogP contribution in [0, 0.1) is 12.8 Å². The summed E-state index contributed by atoms with van der Waals surface area (Å²) < 4.78 is 0. The molecule has 0 spiro atoms. The van der Waals surface area contributed by atoms with Gasteiger partial charge in [0.15, 0.2) is 0 Å². The Bertz CT molecular complexity index is 528. The van der Waals surface area contributed by atoms with E-state index in [4.69, 9.17) is 0 Å². The number of hydrogen-bond donors (Lipinski definition) is 2. The Labute approximate surface area is 140 Å². The lowest BCUT2D eigenvalue weighted by Crippen LogP contribution is -2.46. The van der Waals surface area contributed by atoms with Gasteiger partial charge in [-0.1, -0.05) is 49.1 Å². The molecule has 3 rings (SSSR count). The van der Waals surface area contributed by atoms with Crippen molar-refractivity contribution in [3.63, 3.8) is 0 Å². The molecular weight excluding hydrogens is 284 g/mol. The molecule has 3 nitrogen and oxygen atoms in total. The fourth-order valence-corrected chi connectivity index (χ4v) is 4.26. The van der Waals surface area contributed by atoms with E-state index in [1.807, 2.05) is 0 Å². The van der Waals surface area contributed by atoms with Crippen molar-refractivity contribution in [2.24, 2.45) is 5.92 Å². The molecule has 2 aliphatic rings. The molecule has 1 aliphatic heterocycles. The molecule has 0 aromatic heterocycles. The van der Waals surface area contributed by atoms with Crippen LogP contribution in [-0.4, -0.2) is 25.5 Å². The molecule has 1 heterocycles. The highest BCUT2D eigenvalue weighted by atomic mass is 16.2. The summed E-state index contributed by atoms with van der Waals surface area (Å²) in [4.78, 5) is 13.1. The monoisotopic (exact) mass is 314 g/mol. The third kappa shape index (κ3) is 3.77.